The maximum absolute atomic E-state index is 10.5. The van der Waals surface area contributed by atoms with Crippen molar-refractivity contribution in [1.82, 2.24) is 4.48 Å². The van der Waals surface area contributed by atoms with Crippen molar-refractivity contribution >= 4 is 12.0 Å². The molecule has 0 amide bonds. The summed E-state index contributed by atoms with van der Waals surface area (Å²) in [6, 6.07) is 4.84. The average molecular weight is 180 g/mol. The fraction of sp³-hybridized carbons (Fsp3) is 0.300. The molecule has 13 heavy (non-hydrogen) atoms. The summed E-state index contributed by atoms with van der Waals surface area (Å²) >= 11 is 0. The maximum Gasteiger partial charge on any atom is 0.177 e. The zero-order valence-electron chi connectivity index (χ0n) is 8.11. The van der Waals surface area contributed by atoms with E-state index in [9.17, 15) is 9.90 Å². The van der Waals surface area contributed by atoms with Gasteiger partial charge in [0.05, 0.1) is 21.1 Å². The second-order valence-electron chi connectivity index (χ2n) is 3.88. The number of carbonyl (C=O) groups excluding carboxylic acids is 1. The van der Waals surface area contributed by atoms with Crippen LogP contribution in [0.2, 0.25) is 0 Å². The predicted molar refractivity (Wildman–Crippen MR) is 53.1 cm³/mol. The molecule has 3 nitrogen and oxygen atoms in total. The van der Waals surface area contributed by atoms with Gasteiger partial charge in [0.1, 0.15) is 6.29 Å². The molecule has 1 aromatic rings. The predicted octanol–water partition coefficient (Wildman–Crippen LogP) is 1.40. The molecule has 70 valence electrons. The Morgan fingerprint density at radius 1 is 1.31 bits per heavy atom. The van der Waals surface area contributed by atoms with E-state index in [1.165, 1.54) is 0 Å². The lowest BCUT2D eigenvalue weighted by Crippen LogP contribution is -2.34. The number of phenols is 1. The third-order valence-electron chi connectivity index (χ3n) is 1.86. The molecule has 1 aromatic carbocycles. The van der Waals surface area contributed by atoms with Gasteiger partial charge in [0.15, 0.2) is 11.4 Å². The van der Waals surface area contributed by atoms with Gasteiger partial charge in [-0.15, -0.1) is 0 Å². The SMILES string of the molecule is C[N+](C)(C)c1cc(C=O)ccc1O. The van der Waals surface area contributed by atoms with Crippen molar-refractivity contribution in [2.24, 2.45) is 0 Å². The first-order chi connectivity index (χ1) is 5.95. The smallest absolute Gasteiger partial charge is 0.177 e. The van der Waals surface area contributed by atoms with Crippen molar-refractivity contribution < 1.29 is 9.90 Å². The number of aldehydes is 1. The molecule has 0 unspecified atom stereocenters. The van der Waals surface area contributed by atoms with Gasteiger partial charge in [0.25, 0.3) is 0 Å². The van der Waals surface area contributed by atoms with E-state index in [0.717, 1.165) is 12.0 Å². The summed E-state index contributed by atoms with van der Waals surface area (Å²) in [4.78, 5) is 10.5. The third-order valence-corrected chi connectivity index (χ3v) is 1.86. The van der Waals surface area contributed by atoms with Gasteiger partial charge in [0, 0.05) is 11.6 Å². The van der Waals surface area contributed by atoms with Gasteiger partial charge < -0.3 is 5.11 Å². The number of phenolic OH excluding ortho intramolecular Hbond substituents is 1. The number of nitrogens with zero attached hydrogens (tertiary/aromatic N) is 1. The summed E-state index contributed by atoms with van der Waals surface area (Å²) in [5.74, 6) is 0.220. The van der Waals surface area contributed by atoms with E-state index in [1.807, 2.05) is 21.1 Å². The van der Waals surface area contributed by atoms with E-state index in [2.05, 4.69) is 0 Å². The van der Waals surface area contributed by atoms with Gasteiger partial charge in [-0.1, -0.05) is 0 Å². The number of hydrogen-bond donors (Lipinski definition) is 1. The fourth-order valence-electron chi connectivity index (χ4n) is 1.15. The van der Waals surface area contributed by atoms with E-state index >= 15 is 0 Å². The molecule has 0 spiro atoms. The van der Waals surface area contributed by atoms with Gasteiger partial charge in [-0.3, -0.25) is 9.28 Å². The summed E-state index contributed by atoms with van der Waals surface area (Å²) in [6.45, 7) is 0. The second kappa shape index (κ2) is 3.18. The minimum absolute atomic E-state index is 0.220. The molecule has 0 aliphatic heterocycles. The van der Waals surface area contributed by atoms with Crippen LogP contribution in [-0.4, -0.2) is 32.5 Å². The molecule has 0 atom stereocenters. The van der Waals surface area contributed by atoms with E-state index in [-0.39, 0.29) is 5.75 Å². The first kappa shape index (κ1) is 9.74. The molecule has 0 aliphatic rings. The van der Waals surface area contributed by atoms with Crippen LogP contribution in [0.1, 0.15) is 10.4 Å². The minimum atomic E-state index is 0.220. The van der Waals surface area contributed by atoms with Crippen molar-refractivity contribution in [2.75, 3.05) is 21.1 Å². The molecular weight excluding hydrogens is 166 g/mol. The summed E-state index contributed by atoms with van der Waals surface area (Å²) in [5.41, 5.74) is 1.32. The van der Waals surface area contributed by atoms with Crippen LogP contribution in [0.3, 0.4) is 0 Å². The van der Waals surface area contributed by atoms with Crippen molar-refractivity contribution in [3.05, 3.63) is 23.8 Å². The topological polar surface area (TPSA) is 37.3 Å². The van der Waals surface area contributed by atoms with Crippen LogP contribution in [0.15, 0.2) is 18.2 Å². The van der Waals surface area contributed by atoms with E-state index in [0.29, 0.717) is 10.0 Å². The normalized spacial score (nSPS) is 11.3. The molecule has 1 rings (SSSR count). The van der Waals surface area contributed by atoms with Crippen LogP contribution >= 0.6 is 0 Å². The lowest BCUT2D eigenvalue weighted by Gasteiger charge is -2.24. The minimum Gasteiger partial charge on any atom is -0.503 e. The van der Waals surface area contributed by atoms with Crippen LogP contribution < -0.4 is 4.48 Å². The highest BCUT2D eigenvalue weighted by Gasteiger charge is 2.17. The van der Waals surface area contributed by atoms with Crippen LogP contribution in [0, 0.1) is 0 Å². The Morgan fingerprint density at radius 3 is 2.38 bits per heavy atom. The summed E-state index contributed by atoms with van der Waals surface area (Å²) in [7, 11) is 5.80. The van der Waals surface area contributed by atoms with Crippen LogP contribution in [0.25, 0.3) is 0 Å². The van der Waals surface area contributed by atoms with Gasteiger partial charge in [0.2, 0.25) is 0 Å². The van der Waals surface area contributed by atoms with Crippen molar-refractivity contribution in [3.63, 3.8) is 0 Å². The number of carbonyl (C=O) groups is 1. The largest absolute Gasteiger partial charge is 0.503 e. The lowest BCUT2D eigenvalue weighted by molar-refractivity contribution is 0.112. The summed E-state index contributed by atoms with van der Waals surface area (Å²) in [6.07, 6.45) is 0.776. The maximum atomic E-state index is 10.5. The van der Waals surface area contributed by atoms with Crippen molar-refractivity contribution in [1.29, 1.82) is 0 Å². The Balaban J connectivity index is 3.27. The molecule has 0 saturated carbocycles. The monoisotopic (exact) mass is 180 g/mol. The average Bonchev–Trinajstić information content (AvgIpc) is 2.03. The molecule has 0 fully saturated rings. The second-order valence-corrected chi connectivity index (χ2v) is 3.88. The van der Waals surface area contributed by atoms with Gasteiger partial charge in [-0.05, 0) is 12.1 Å². The Hall–Kier alpha value is -1.35. The molecule has 3 heteroatoms. The Bertz CT molecular complexity index is 326. The van der Waals surface area contributed by atoms with E-state index in [4.69, 9.17) is 0 Å². The van der Waals surface area contributed by atoms with Crippen molar-refractivity contribution in [2.45, 2.75) is 0 Å². The highest BCUT2D eigenvalue weighted by molar-refractivity contribution is 5.78. The quantitative estimate of drug-likeness (QED) is 0.551. The summed E-state index contributed by atoms with van der Waals surface area (Å²) < 4.78 is 0.494. The fourth-order valence-corrected chi connectivity index (χ4v) is 1.15. The number of quaternary nitrogens is 1. The summed E-state index contributed by atoms with van der Waals surface area (Å²) in [5, 5.41) is 9.53. The van der Waals surface area contributed by atoms with Crippen molar-refractivity contribution in [3.8, 4) is 5.75 Å². The Labute approximate surface area is 77.8 Å². The van der Waals surface area contributed by atoms with E-state index in [1.54, 1.807) is 18.2 Å². The zero-order valence-corrected chi connectivity index (χ0v) is 8.11. The van der Waals surface area contributed by atoms with Crippen LogP contribution in [-0.2, 0) is 0 Å². The molecule has 0 radical (unpaired) electrons. The number of aromatic hydroxyl groups is 1. The van der Waals surface area contributed by atoms with Gasteiger partial charge in [-0.2, -0.15) is 0 Å². The lowest BCUT2D eigenvalue weighted by atomic mass is 10.2. The molecule has 1 N–H and O–H groups in total. The highest BCUT2D eigenvalue weighted by Crippen LogP contribution is 2.29. The highest BCUT2D eigenvalue weighted by atomic mass is 16.3. The molecule has 0 aliphatic carbocycles. The number of hydrogen-bond acceptors (Lipinski definition) is 2. The Kier molecular flexibility index (Phi) is 2.38. The van der Waals surface area contributed by atoms with Gasteiger partial charge >= 0.3 is 0 Å². The van der Waals surface area contributed by atoms with Gasteiger partial charge in [-0.25, -0.2) is 0 Å². The number of benzene rings is 1. The third kappa shape index (κ3) is 2.06. The molecule has 0 aromatic heterocycles. The standard InChI is InChI=1S/C10H13NO2/c1-11(2,3)9-6-8(7-12)4-5-10(9)13/h4-7H,1-3H3/p+1. The number of rotatable bonds is 2. The van der Waals surface area contributed by atoms with E-state index < -0.39 is 0 Å². The van der Waals surface area contributed by atoms with Crippen LogP contribution in [0.4, 0.5) is 5.69 Å². The molecule has 0 saturated heterocycles. The zero-order chi connectivity index (χ0) is 10.1. The first-order valence-corrected chi connectivity index (χ1v) is 4.05. The molecular formula is C10H14NO2+. The molecule has 0 heterocycles. The molecule has 0 bridgehead atoms. The Morgan fingerprint density at radius 2 is 1.92 bits per heavy atom. The first-order valence-electron chi connectivity index (χ1n) is 4.05. The van der Waals surface area contributed by atoms with Crippen LogP contribution in [0.5, 0.6) is 5.75 Å².